The maximum absolute atomic E-state index is 12.8. The number of carboxylic acid groups (broad SMARTS) is 1. The van der Waals surface area contributed by atoms with Crippen LogP contribution in [-0.2, 0) is 14.3 Å². The first-order chi connectivity index (χ1) is 16.4. The van der Waals surface area contributed by atoms with Crippen molar-refractivity contribution in [3.63, 3.8) is 0 Å². The van der Waals surface area contributed by atoms with Crippen LogP contribution in [0.4, 0.5) is 4.79 Å². The Labute approximate surface area is 199 Å². The van der Waals surface area contributed by atoms with Gasteiger partial charge < -0.3 is 20.1 Å². The van der Waals surface area contributed by atoms with Crippen LogP contribution in [0.2, 0.25) is 0 Å². The lowest BCUT2D eigenvalue weighted by Crippen LogP contribution is -2.56. The predicted octanol–water partition coefficient (Wildman–Crippen LogP) is 2.92. The van der Waals surface area contributed by atoms with E-state index < -0.39 is 18.1 Å². The van der Waals surface area contributed by atoms with Crippen molar-refractivity contribution >= 4 is 18.0 Å². The number of hydrogen-bond acceptors (Lipinski definition) is 5. The van der Waals surface area contributed by atoms with Crippen LogP contribution in [-0.4, -0.2) is 78.2 Å². The third-order valence-electron chi connectivity index (χ3n) is 6.87. The minimum atomic E-state index is -0.941. The van der Waals surface area contributed by atoms with Gasteiger partial charge in [0.05, 0.1) is 0 Å². The third kappa shape index (κ3) is 4.92. The first-order valence-corrected chi connectivity index (χ1v) is 11.7. The number of carbonyl (C=O) groups excluding carboxylic acids is 2. The van der Waals surface area contributed by atoms with Gasteiger partial charge in [-0.25, -0.2) is 4.79 Å². The van der Waals surface area contributed by atoms with Crippen LogP contribution in [0.15, 0.2) is 48.5 Å². The summed E-state index contributed by atoms with van der Waals surface area (Å²) in [6.45, 7) is 3.22. The van der Waals surface area contributed by atoms with Crippen molar-refractivity contribution in [1.29, 1.82) is 0 Å². The Hall–Kier alpha value is -3.39. The average molecular weight is 466 g/mol. The number of rotatable bonds is 7. The molecule has 34 heavy (non-hydrogen) atoms. The summed E-state index contributed by atoms with van der Waals surface area (Å²) in [7, 11) is 1.74. The fourth-order valence-corrected chi connectivity index (χ4v) is 4.81. The lowest BCUT2D eigenvalue weighted by atomic mass is 9.98. The molecule has 1 aliphatic heterocycles. The largest absolute Gasteiger partial charge is 0.480 e. The number of piperazine rings is 1. The monoisotopic (exact) mass is 465 g/mol. The van der Waals surface area contributed by atoms with Gasteiger partial charge in [0, 0.05) is 38.0 Å². The number of fused-ring (bicyclic) bond motifs is 3. The minimum absolute atomic E-state index is 0.0295. The Bertz CT molecular complexity index is 1030. The number of benzene rings is 2. The second kappa shape index (κ2) is 10.3. The van der Waals surface area contributed by atoms with Gasteiger partial charge >= 0.3 is 12.1 Å². The van der Waals surface area contributed by atoms with Gasteiger partial charge in [-0.05, 0) is 35.7 Å². The summed E-state index contributed by atoms with van der Waals surface area (Å²) in [5.74, 6) is -1.13. The summed E-state index contributed by atoms with van der Waals surface area (Å²) in [5, 5.41) is 12.2. The third-order valence-corrected chi connectivity index (χ3v) is 6.87. The highest BCUT2D eigenvalue weighted by molar-refractivity contribution is 5.81. The molecule has 180 valence electrons. The number of carboxylic acids is 1. The summed E-state index contributed by atoms with van der Waals surface area (Å²) in [4.78, 5) is 40.1. The van der Waals surface area contributed by atoms with Gasteiger partial charge in [-0.2, -0.15) is 0 Å². The molecule has 1 aliphatic carbocycles. The number of nitrogens with zero attached hydrogens (tertiary/aromatic N) is 2. The Morgan fingerprint density at radius 1 is 1.06 bits per heavy atom. The highest BCUT2D eigenvalue weighted by atomic mass is 16.5. The first kappa shape index (κ1) is 23.8. The quantitative estimate of drug-likeness (QED) is 0.652. The second-order valence-corrected chi connectivity index (χ2v) is 8.95. The van der Waals surface area contributed by atoms with Gasteiger partial charge in [0.2, 0.25) is 5.91 Å². The molecule has 1 saturated heterocycles. The van der Waals surface area contributed by atoms with Crippen molar-refractivity contribution < 1.29 is 24.2 Å². The Morgan fingerprint density at radius 3 is 2.26 bits per heavy atom. The molecule has 0 radical (unpaired) electrons. The molecule has 4 rings (SSSR count). The van der Waals surface area contributed by atoms with Gasteiger partial charge in [-0.3, -0.25) is 14.5 Å². The number of amides is 2. The van der Waals surface area contributed by atoms with Crippen molar-refractivity contribution in [3.8, 4) is 11.1 Å². The molecule has 2 aliphatic rings. The van der Waals surface area contributed by atoms with E-state index in [0.717, 1.165) is 22.3 Å². The van der Waals surface area contributed by atoms with Crippen molar-refractivity contribution in [2.75, 3.05) is 33.3 Å². The number of alkyl carbamates (subject to hydrolysis) is 1. The maximum Gasteiger partial charge on any atom is 0.407 e. The summed E-state index contributed by atoms with van der Waals surface area (Å²) >= 11 is 0. The molecule has 1 fully saturated rings. The van der Waals surface area contributed by atoms with Crippen molar-refractivity contribution in [3.05, 3.63) is 59.7 Å². The molecule has 2 unspecified atom stereocenters. The first-order valence-electron chi connectivity index (χ1n) is 11.7. The van der Waals surface area contributed by atoms with Crippen LogP contribution in [0, 0.1) is 0 Å². The number of nitrogens with one attached hydrogen (secondary N) is 1. The number of hydrogen-bond donors (Lipinski definition) is 2. The van der Waals surface area contributed by atoms with Crippen molar-refractivity contribution in [2.45, 2.75) is 37.8 Å². The van der Waals surface area contributed by atoms with Crippen LogP contribution in [0.25, 0.3) is 11.1 Å². The molecule has 0 spiro atoms. The second-order valence-electron chi connectivity index (χ2n) is 8.95. The minimum Gasteiger partial charge on any atom is -0.480 e. The van der Waals surface area contributed by atoms with Crippen LogP contribution >= 0.6 is 0 Å². The van der Waals surface area contributed by atoms with Gasteiger partial charge in [-0.1, -0.05) is 55.5 Å². The van der Waals surface area contributed by atoms with Crippen LogP contribution < -0.4 is 5.32 Å². The normalized spacial score (nSPS) is 18.6. The average Bonchev–Trinajstić information content (AvgIpc) is 3.16. The number of ether oxygens (including phenoxy) is 1. The lowest BCUT2D eigenvalue weighted by molar-refractivity contribution is -0.147. The van der Waals surface area contributed by atoms with Gasteiger partial charge in [-0.15, -0.1) is 0 Å². The van der Waals surface area contributed by atoms with E-state index in [0.29, 0.717) is 19.5 Å². The molecule has 2 aromatic rings. The SMILES string of the molecule is CCC(CC(=O)N1CCN(C)C(C(=O)O)C1)NC(=O)OCC1c2ccccc2-c2ccccc21. The molecule has 2 amide bonds. The summed E-state index contributed by atoms with van der Waals surface area (Å²) in [5.41, 5.74) is 4.61. The van der Waals surface area contributed by atoms with E-state index in [1.165, 1.54) is 0 Å². The number of likely N-dealkylation sites (N-methyl/N-ethyl adjacent to an activating group) is 1. The molecule has 0 aromatic heterocycles. The summed E-state index contributed by atoms with van der Waals surface area (Å²) < 4.78 is 5.60. The molecular weight excluding hydrogens is 434 g/mol. The standard InChI is InChI=1S/C26H31N3O5/c1-3-17(14-24(30)29-13-12-28(2)23(15-29)25(31)32)27-26(33)34-16-22-20-10-6-4-8-18(20)19-9-5-7-11-21(19)22/h4-11,17,22-23H,3,12-16H2,1-2H3,(H,27,33)(H,31,32). The molecule has 2 atom stereocenters. The van der Waals surface area contributed by atoms with Crippen molar-refractivity contribution in [1.82, 2.24) is 15.1 Å². The van der Waals surface area contributed by atoms with E-state index in [4.69, 9.17) is 4.74 Å². The highest BCUT2D eigenvalue weighted by Crippen LogP contribution is 2.44. The molecular formula is C26H31N3O5. The number of carbonyl (C=O) groups is 3. The summed E-state index contributed by atoms with van der Waals surface area (Å²) in [6, 6.07) is 15.2. The van der Waals surface area contributed by atoms with E-state index in [2.05, 4.69) is 29.6 Å². The van der Waals surface area contributed by atoms with Gasteiger partial charge in [0.1, 0.15) is 12.6 Å². The molecule has 0 saturated carbocycles. The molecule has 0 bridgehead atoms. The zero-order valence-electron chi connectivity index (χ0n) is 19.6. The highest BCUT2D eigenvalue weighted by Gasteiger charge is 2.33. The molecule has 2 aromatic carbocycles. The molecule has 2 N–H and O–H groups in total. The van der Waals surface area contributed by atoms with Crippen molar-refractivity contribution in [2.24, 2.45) is 0 Å². The number of aliphatic carboxylic acids is 1. The Balaban J connectivity index is 1.33. The van der Waals surface area contributed by atoms with Crippen LogP contribution in [0.5, 0.6) is 0 Å². The lowest BCUT2D eigenvalue weighted by Gasteiger charge is -2.37. The molecule has 8 heteroatoms. The fourth-order valence-electron chi connectivity index (χ4n) is 4.81. The fraction of sp³-hybridized carbons (Fsp3) is 0.423. The molecule has 1 heterocycles. The van der Waals surface area contributed by atoms with Crippen LogP contribution in [0.1, 0.15) is 36.8 Å². The molecule has 8 nitrogen and oxygen atoms in total. The zero-order valence-corrected chi connectivity index (χ0v) is 19.6. The maximum atomic E-state index is 12.8. The van der Waals surface area contributed by atoms with Gasteiger partial charge in [0.25, 0.3) is 0 Å². The zero-order chi connectivity index (χ0) is 24.2. The Morgan fingerprint density at radius 2 is 1.68 bits per heavy atom. The Kier molecular flexibility index (Phi) is 7.17. The summed E-state index contributed by atoms with van der Waals surface area (Å²) in [6.07, 6.45) is 0.117. The van der Waals surface area contributed by atoms with E-state index in [1.807, 2.05) is 31.2 Å². The van der Waals surface area contributed by atoms with E-state index in [1.54, 1.807) is 16.8 Å². The van der Waals surface area contributed by atoms with E-state index >= 15 is 0 Å². The smallest absolute Gasteiger partial charge is 0.407 e. The van der Waals surface area contributed by atoms with E-state index in [-0.39, 0.29) is 37.4 Å². The predicted molar refractivity (Wildman–Crippen MR) is 128 cm³/mol. The van der Waals surface area contributed by atoms with E-state index in [9.17, 15) is 19.5 Å². The topological polar surface area (TPSA) is 99.2 Å². The van der Waals surface area contributed by atoms with Gasteiger partial charge in [0.15, 0.2) is 0 Å². The van der Waals surface area contributed by atoms with Crippen LogP contribution in [0.3, 0.4) is 0 Å².